The van der Waals surface area contributed by atoms with Crippen LogP contribution in [0.15, 0.2) is 0 Å². The minimum Gasteiger partial charge on any atom is -0.330 e. The molecule has 0 N–H and O–H groups in total. The van der Waals surface area contributed by atoms with Gasteiger partial charge in [-0.3, -0.25) is 9.59 Å². The molecule has 5 nitrogen and oxygen atoms in total. The van der Waals surface area contributed by atoms with E-state index >= 15 is 0 Å². The molecule has 1 aliphatic rings. The van der Waals surface area contributed by atoms with Crippen LogP contribution in [0.25, 0.3) is 0 Å². The maximum atomic E-state index is 12.5. The molecule has 1 saturated heterocycles. The lowest BCUT2D eigenvalue weighted by molar-refractivity contribution is -0.201. The second-order valence-electron chi connectivity index (χ2n) is 7.09. The average Bonchev–Trinajstić information content (AvgIpc) is 2.91. The first kappa shape index (κ1) is 21.7. The monoisotopic (exact) mass is 353 g/mol. The number of hydroxylamine groups is 2. The summed E-state index contributed by atoms with van der Waals surface area (Å²) in [6, 6.07) is 0. The summed E-state index contributed by atoms with van der Waals surface area (Å²) >= 11 is 0. The first-order valence-electron chi connectivity index (χ1n) is 10.2. The lowest BCUT2D eigenvalue weighted by atomic mass is 9.94. The van der Waals surface area contributed by atoms with Gasteiger partial charge in [0, 0.05) is 12.8 Å². The zero-order valence-corrected chi connectivity index (χ0v) is 16.1. The van der Waals surface area contributed by atoms with Crippen LogP contribution in [0.3, 0.4) is 0 Å². The van der Waals surface area contributed by atoms with Gasteiger partial charge in [0.2, 0.25) is 0 Å². The van der Waals surface area contributed by atoms with Crippen molar-refractivity contribution in [2.75, 3.05) is 0 Å². The van der Waals surface area contributed by atoms with Gasteiger partial charge in [-0.25, -0.2) is 4.79 Å². The maximum Gasteiger partial charge on any atom is 0.336 e. The van der Waals surface area contributed by atoms with E-state index in [1.807, 2.05) is 0 Å². The summed E-state index contributed by atoms with van der Waals surface area (Å²) in [4.78, 5) is 40.9. The first-order valence-corrected chi connectivity index (χ1v) is 10.2. The van der Waals surface area contributed by atoms with Gasteiger partial charge < -0.3 is 4.84 Å². The molecular formula is C20H35NO4. The van der Waals surface area contributed by atoms with Gasteiger partial charge >= 0.3 is 5.97 Å². The molecule has 0 bridgehead atoms. The van der Waals surface area contributed by atoms with Crippen LogP contribution in [0, 0.1) is 5.92 Å². The Balaban J connectivity index is 2.44. The van der Waals surface area contributed by atoms with Crippen molar-refractivity contribution in [3.8, 4) is 0 Å². The standard InChI is InChI=1S/C20H35NO4/c1-3-5-7-9-11-13-17(14-12-10-8-6-4-2)20(24)25-21-18(22)15-16-19(21)23/h17H,3-16H2,1-2H3. The molecule has 2 amide bonds. The van der Waals surface area contributed by atoms with Crippen LogP contribution in [0.2, 0.25) is 0 Å². The van der Waals surface area contributed by atoms with E-state index in [1.165, 1.54) is 38.5 Å². The van der Waals surface area contributed by atoms with E-state index in [4.69, 9.17) is 4.84 Å². The third-order valence-electron chi connectivity index (χ3n) is 4.83. The van der Waals surface area contributed by atoms with E-state index in [0.29, 0.717) is 5.06 Å². The van der Waals surface area contributed by atoms with Crippen LogP contribution in [-0.2, 0) is 19.2 Å². The molecule has 0 radical (unpaired) electrons. The Labute approximate surface area is 152 Å². The predicted molar refractivity (Wildman–Crippen MR) is 97.4 cm³/mol. The molecule has 0 aromatic rings. The highest BCUT2D eigenvalue weighted by molar-refractivity contribution is 6.01. The highest BCUT2D eigenvalue weighted by Crippen LogP contribution is 2.22. The highest BCUT2D eigenvalue weighted by atomic mass is 16.7. The Morgan fingerprint density at radius 3 is 1.72 bits per heavy atom. The summed E-state index contributed by atoms with van der Waals surface area (Å²) in [5, 5.41) is 0.684. The van der Waals surface area contributed by atoms with Crippen LogP contribution >= 0.6 is 0 Å². The molecule has 1 heterocycles. The van der Waals surface area contributed by atoms with Crippen molar-refractivity contribution in [2.45, 2.75) is 104 Å². The number of imide groups is 1. The molecule has 0 atom stereocenters. The van der Waals surface area contributed by atoms with Gasteiger partial charge in [-0.1, -0.05) is 78.1 Å². The van der Waals surface area contributed by atoms with Crippen LogP contribution in [0.5, 0.6) is 0 Å². The Morgan fingerprint density at radius 1 is 0.840 bits per heavy atom. The minimum absolute atomic E-state index is 0.144. The second kappa shape index (κ2) is 12.9. The van der Waals surface area contributed by atoms with Crippen LogP contribution in [0.1, 0.15) is 104 Å². The van der Waals surface area contributed by atoms with Gasteiger partial charge in [0.1, 0.15) is 0 Å². The summed E-state index contributed by atoms with van der Waals surface area (Å²) in [5.74, 6) is -1.41. The van der Waals surface area contributed by atoms with Crippen molar-refractivity contribution in [3.63, 3.8) is 0 Å². The Hall–Kier alpha value is -1.39. The zero-order valence-electron chi connectivity index (χ0n) is 16.1. The van der Waals surface area contributed by atoms with Gasteiger partial charge in [-0.15, -0.1) is 5.06 Å². The molecule has 25 heavy (non-hydrogen) atoms. The zero-order chi connectivity index (χ0) is 18.5. The van der Waals surface area contributed by atoms with E-state index in [2.05, 4.69) is 13.8 Å². The van der Waals surface area contributed by atoms with Crippen molar-refractivity contribution in [3.05, 3.63) is 0 Å². The predicted octanol–water partition coefficient (Wildman–Crippen LogP) is 4.93. The van der Waals surface area contributed by atoms with Crippen molar-refractivity contribution < 1.29 is 19.2 Å². The third-order valence-corrected chi connectivity index (χ3v) is 4.83. The summed E-state index contributed by atoms with van der Waals surface area (Å²) in [5.41, 5.74) is 0. The van der Waals surface area contributed by atoms with Crippen LogP contribution in [-0.4, -0.2) is 22.8 Å². The van der Waals surface area contributed by atoms with Crippen molar-refractivity contribution in [1.29, 1.82) is 0 Å². The van der Waals surface area contributed by atoms with Gasteiger partial charge in [0.05, 0.1) is 5.92 Å². The lowest BCUT2D eigenvalue weighted by Gasteiger charge is -2.19. The van der Waals surface area contributed by atoms with Gasteiger partial charge in [0.15, 0.2) is 0 Å². The topological polar surface area (TPSA) is 63.7 Å². The van der Waals surface area contributed by atoms with E-state index in [0.717, 1.165) is 38.5 Å². The van der Waals surface area contributed by atoms with E-state index in [1.54, 1.807) is 0 Å². The summed E-state index contributed by atoms with van der Waals surface area (Å²) in [6.45, 7) is 4.36. The maximum absolute atomic E-state index is 12.5. The van der Waals surface area contributed by atoms with Crippen LogP contribution < -0.4 is 0 Å². The molecule has 0 aliphatic carbocycles. The average molecular weight is 354 g/mol. The molecule has 5 heteroatoms. The number of carbonyl (C=O) groups excluding carboxylic acids is 3. The van der Waals surface area contributed by atoms with Crippen molar-refractivity contribution >= 4 is 17.8 Å². The van der Waals surface area contributed by atoms with E-state index in [9.17, 15) is 14.4 Å². The molecule has 0 aromatic heterocycles. The first-order chi connectivity index (χ1) is 12.1. The molecular weight excluding hydrogens is 318 g/mol. The molecule has 0 saturated carbocycles. The number of carbonyl (C=O) groups is 3. The fourth-order valence-electron chi connectivity index (χ4n) is 3.19. The second-order valence-corrected chi connectivity index (χ2v) is 7.09. The Kier molecular flexibility index (Phi) is 11.2. The number of unbranched alkanes of at least 4 members (excludes halogenated alkanes) is 8. The quantitative estimate of drug-likeness (QED) is 0.328. The summed E-state index contributed by atoms with van der Waals surface area (Å²) in [7, 11) is 0. The summed E-state index contributed by atoms with van der Waals surface area (Å²) in [6.07, 6.45) is 13.3. The molecule has 1 rings (SSSR count). The third kappa shape index (κ3) is 8.50. The number of rotatable bonds is 14. The van der Waals surface area contributed by atoms with Gasteiger partial charge in [-0.2, -0.15) is 0 Å². The Morgan fingerprint density at radius 2 is 1.28 bits per heavy atom. The SMILES string of the molecule is CCCCCCCC(CCCCCCC)C(=O)ON1C(=O)CCC1=O. The minimum atomic E-state index is -0.408. The largest absolute Gasteiger partial charge is 0.336 e. The number of amides is 2. The number of hydrogen-bond acceptors (Lipinski definition) is 4. The van der Waals surface area contributed by atoms with Crippen molar-refractivity contribution in [2.24, 2.45) is 5.92 Å². The molecule has 144 valence electrons. The fourth-order valence-corrected chi connectivity index (χ4v) is 3.19. The molecule has 0 spiro atoms. The highest BCUT2D eigenvalue weighted by Gasteiger charge is 2.34. The molecule has 0 unspecified atom stereocenters. The van der Waals surface area contributed by atoms with Crippen molar-refractivity contribution in [1.82, 2.24) is 5.06 Å². The van der Waals surface area contributed by atoms with E-state index in [-0.39, 0.29) is 18.8 Å². The fraction of sp³-hybridized carbons (Fsp3) is 0.850. The number of nitrogens with zero attached hydrogens (tertiary/aromatic N) is 1. The normalized spacial score (nSPS) is 14.6. The number of hydrogen-bond donors (Lipinski definition) is 0. The summed E-state index contributed by atoms with van der Waals surface area (Å²) < 4.78 is 0. The molecule has 0 aromatic carbocycles. The molecule has 1 fully saturated rings. The van der Waals surface area contributed by atoms with Crippen LogP contribution in [0.4, 0.5) is 0 Å². The van der Waals surface area contributed by atoms with Gasteiger partial charge in [-0.05, 0) is 12.8 Å². The smallest absolute Gasteiger partial charge is 0.330 e. The van der Waals surface area contributed by atoms with E-state index < -0.39 is 17.8 Å². The molecule has 1 aliphatic heterocycles. The van der Waals surface area contributed by atoms with Gasteiger partial charge in [0.25, 0.3) is 11.8 Å². The Bertz CT molecular complexity index is 392. The lowest BCUT2D eigenvalue weighted by Crippen LogP contribution is -2.34.